The van der Waals surface area contributed by atoms with E-state index in [0.29, 0.717) is 40.6 Å². The van der Waals surface area contributed by atoms with Crippen LogP contribution >= 0.6 is 0 Å². The molecular weight excluding hydrogens is 658 g/mol. The van der Waals surface area contributed by atoms with E-state index in [1.807, 2.05) is 43.3 Å². The van der Waals surface area contributed by atoms with Crippen LogP contribution in [0.2, 0.25) is 0 Å². The van der Waals surface area contributed by atoms with Crippen molar-refractivity contribution in [3.63, 3.8) is 0 Å². The Morgan fingerprint density at radius 2 is 1.56 bits per heavy atom. The first-order valence-corrected chi connectivity index (χ1v) is 17.6. The minimum Gasteiger partial charge on any atom is -0.504 e. The molecule has 4 aromatic carbocycles. The number of phenols is 1. The van der Waals surface area contributed by atoms with E-state index in [1.165, 1.54) is 9.80 Å². The topological polar surface area (TPSA) is 130 Å². The quantitative estimate of drug-likeness (QED) is 0.148. The van der Waals surface area contributed by atoms with E-state index < -0.39 is 35.0 Å². The third-order valence-corrected chi connectivity index (χ3v) is 11.6. The van der Waals surface area contributed by atoms with Crippen LogP contribution in [0, 0.1) is 29.1 Å². The van der Waals surface area contributed by atoms with Crippen molar-refractivity contribution in [3.8, 4) is 23.0 Å². The van der Waals surface area contributed by atoms with E-state index >= 15 is 0 Å². The van der Waals surface area contributed by atoms with Gasteiger partial charge in [0, 0.05) is 17.0 Å². The molecule has 10 heteroatoms. The lowest BCUT2D eigenvalue weighted by Gasteiger charge is -2.49. The number of carbonyl (C=O) groups is 4. The van der Waals surface area contributed by atoms with Gasteiger partial charge in [0.15, 0.2) is 17.1 Å². The number of anilines is 2. The first kappa shape index (κ1) is 31.9. The predicted molar refractivity (Wildman–Crippen MR) is 192 cm³/mol. The number of allylic oxidation sites excluding steroid dienone is 2. The Morgan fingerprint density at radius 1 is 0.827 bits per heavy atom. The second-order valence-electron chi connectivity index (χ2n) is 14.2. The van der Waals surface area contributed by atoms with Crippen molar-refractivity contribution in [2.45, 2.75) is 32.6 Å². The highest BCUT2D eigenvalue weighted by atomic mass is 16.5. The molecule has 260 valence electrons. The Labute approximate surface area is 299 Å². The summed E-state index contributed by atoms with van der Waals surface area (Å²) < 4.78 is 11.7. The molecule has 10 nitrogen and oxygen atoms in total. The van der Waals surface area contributed by atoms with Crippen molar-refractivity contribution in [1.29, 1.82) is 0 Å². The molecule has 6 atom stereocenters. The molecule has 1 saturated carbocycles. The Kier molecular flexibility index (Phi) is 7.22. The molecule has 52 heavy (non-hydrogen) atoms. The van der Waals surface area contributed by atoms with Gasteiger partial charge in [-0.3, -0.25) is 24.1 Å². The number of imide groups is 2. The second kappa shape index (κ2) is 11.8. The van der Waals surface area contributed by atoms with Gasteiger partial charge >= 0.3 is 0 Å². The summed E-state index contributed by atoms with van der Waals surface area (Å²) in [6, 6.07) is 28.5. The molecule has 4 amide bonds. The molecule has 5 aromatic rings. The normalized spacial score (nSPS) is 26.7. The Bertz CT molecular complexity index is 2300. The number of oxazole rings is 1. The maximum absolute atomic E-state index is 14.6. The van der Waals surface area contributed by atoms with Crippen LogP contribution in [0.1, 0.15) is 38.2 Å². The number of nitrogens with zero attached hydrogens (tertiary/aromatic N) is 3. The van der Waals surface area contributed by atoms with Crippen LogP contribution in [-0.2, 0) is 19.2 Å². The number of ether oxygens (including phenoxy) is 1. The molecule has 1 N–H and O–H groups in total. The zero-order valence-electron chi connectivity index (χ0n) is 28.6. The fourth-order valence-electron chi connectivity index (χ4n) is 9.23. The second-order valence-corrected chi connectivity index (χ2v) is 14.2. The van der Waals surface area contributed by atoms with Gasteiger partial charge in [-0.2, -0.15) is 0 Å². The molecule has 2 aliphatic carbocycles. The lowest BCUT2D eigenvalue weighted by molar-refractivity contribution is -0.131. The van der Waals surface area contributed by atoms with Gasteiger partial charge in [-0.1, -0.05) is 54.1 Å². The number of hydrogen-bond donors (Lipinski definition) is 1. The summed E-state index contributed by atoms with van der Waals surface area (Å²) in [6.45, 7) is 3.93. The van der Waals surface area contributed by atoms with E-state index in [1.54, 1.807) is 73.7 Å². The van der Waals surface area contributed by atoms with Gasteiger partial charge < -0.3 is 14.3 Å². The van der Waals surface area contributed by atoms with Gasteiger partial charge in [0.25, 0.3) is 0 Å². The standard InChI is InChI=1S/C42H35N3O7/c1-3-51-33-15-9-12-28(36(33)46)35-26-20-21-27-34(29(26)22-30-39(48)45(41(50)42(30,35)2)24-10-5-4-6-11-24)40(49)44(38(27)47)25-18-16-23(17-19-25)37-43-31-13-7-8-14-32(31)52-37/h4-20,27,29-30,34-35,46H,3,21-22H2,1-2H3/t27-,29+,30-,34-,35+,42+/m0/s1. The van der Waals surface area contributed by atoms with E-state index in [0.717, 1.165) is 11.1 Å². The van der Waals surface area contributed by atoms with Gasteiger partial charge in [-0.05, 0) is 87.2 Å². The monoisotopic (exact) mass is 693 g/mol. The Morgan fingerprint density at radius 3 is 2.31 bits per heavy atom. The minimum absolute atomic E-state index is 0.106. The maximum atomic E-state index is 14.6. The van der Waals surface area contributed by atoms with Crippen LogP contribution in [0.4, 0.5) is 11.4 Å². The van der Waals surface area contributed by atoms with Crippen molar-refractivity contribution >= 4 is 46.1 Å². The molecule has 0 radical (unpaired) electrons. The number of phenolic OH excluding ortho intramolecular Hbond substituents is 1. The zero-order valence-corrected chi connectivity index (χ0v) is 28.6. The maximum Gasteiger partial charge on any atom is 0.241 e. The average molecular weight is 694 g/mol. The summed E-state index contributed by atoms with van der Waals surface area (Å²) in [6.07, 6.45) is 2.47. The largest absolute Gasteiger partial charge is 0.504 e. The van der Waals surface area contributed by atoms with Gasteiger partial charge in [-0.15, -0.1) is 0 Å². The number of hydrogen-bond acceptors (Lipinski definition) is 8. The smallest absolute Gasteiger partial charge is 0.241 e. The minimum atomic E-state index is -1.28. The summed E-state index contributed by atoms with van der Waals surface area (Å²) >= 11 is 0. The zero-order chi connectivity index (χ0) is 35.9. The van der Waals surface area contributed by atoms with Gasteiger partial charge in [0.1, 0.15) is 5.52 Å². The number of amides is 4. The van der Waals surface area contributed by atoms with E-state index in [2.05, 4.69) is 4.98 Å². The first-order chi connectivity index (χ1) is 25.2. The van der Waals surface area contributed by atoms with Crippen molar-refractivity contribution < 1.29 is 33.4 Å². The number of rotatable bonds is 6. The highest BCUT2D eigenvalue weighted by Gasteiger charge is 2.68. The van der Waals surface area contributed by atoms with Crippen LogP contribution in [0.15, 0.2) is 113 Å². The van der Waals surface area contributed by atoms with E-state index in [9.17, 15) is 24.3 Å². The van der Waals surface area contributed by atoms with E-state index in [-0.39, 0.29) is 48.0 Å². The van der Waals surface area contributed by atoms with Gasteiger partial charge in [-0.25, -0.2) is 9.88 Å². The number of para-hydroxylation sites is 4. The number of carbonyl (C=O) groups excluding carboxylic acids is 4. The SMILES string of the molecule is CCOc1cccc([C@H]2C3=CC[C@@H]4C(=O)N(c5ccc(-c6nc7ccccc7o6)cc5)C(=O)[C@@H]4[C@@H]3C[C@H]3C(=O)N(c4ccccc4)C(=O)[C@@]23C)c1O. The molecule has 4 aliphatic rings. The first-order valence-electron chi connectivity index (χ1n) is 17.6. The van der Waals surface area contributed by atoms with E-state index in [4.69, 9.17) is 9.15 Å². The highest BCUT2D eigenvalue weighted by molar-refractivity contribution is 6.25. The fourth-order valence-corrected chi connectivity index (χ4v) is 9.23. The lowest BCUT2D eigenvalue weighted by Crippen LogP contribution is -2.48. The molecule has 9 rings (SSSR count). The fraction of sp³-hybridized carbons (Fsp3) is 0.262. The van der Waals surface area contributed by atoms with Crippen molar-refractivity contribution in [2.75, 3.05) is 16.4 Å². The molecule has 0 unspecified atom stereocenters. The molecule has 0 spiro atoms. The number of fused-ring (bicyclic) bond motifs is 5. The summed E-state index contributed by atoms with van der Waals surface area (Å²) in [5, 5.41) is 11.6. The van der Waals surface area contributed by atoms with Crippen LogP contribution in [0.5, 0.6) is 11.5 Å². The Balaban J connectivity index is 1.11. The number of aromatic hydroxyl groups is 1. The average Bonchev–Trinajstić information content (AvgIpc) is 3.77. The molecule has 3 heterocycles. The molecule has 0 bridgehead atoms. The molecular formula is C42H35N3O7. The summed E-state index contributed by atoms with van der Waals surface area (Å²) in [5.74, 6) is -4.23. The summed E-state index contributed by atoms with van der Waals surface area (Å²) in [4.78, 5) is 64.8. The van der Waals surface area contributed by atoms with Crippen LogP contribution < -0.4 is 14.5 Å². The third kappa shape index (κ3) is 4.46. The van der Waals surface area contributed by atoms with Crippen LogP contribution in [-0.4, -0.2) is 40.3 Å². The molecule has 1 aromatic heterocycles. The van der Waals surface area contributed by atoms with Gasteiger partial charge in [0.2, 0.25) is 29.5 Å². The number of benzene rings is 4. The van der Waals surface area contributed by atoms with Gasteiger partial charge in [0.05, 0.1) is 41.2 Å². The Hall–Kier alpha value is -6.03. The van der Waals surface area contributed by atoms with Crippen molar-refractivity contribution in [1.82, 2.24) is 4.98 Å². The third-order valence-electron chi connectivity index (χ3n) is 11.6. The summed E-state index contributed by atoms with van der Waals surface area (Å²) in [7, 11) is 0. The highest BCUT2D eigenvalue weighted by Crippen LogP contribution is 2.65. The molecule has 2 aliphatic heterocycles. The molecule has 3 fully saturated rings. The lowest BCUT2D eigenvalue weighted by atomic mass is 9.51. The van der Waals surface area contributed by atoms with Crippen LogP contribution in [0.3, 0.4) is 0 Å². The van der Waals surface area contributed by atoms with Crippen LogP contribution in [0.25, 0.3) is 22.6 Å². The molecule has 2 saturated heterocycles. The predicted octanol–water partition coefficient (Wildman–Crippen LogP) is 7.03. The van der Waals surface area contributed by atoms with Crippen molar-refractivity contribution in [2.24, 2.45) is 29.1 Å². The number of aromatic nitrogens is 1. The van der Waals surface area contributed by atoms with Crippen molar-refractivity contribution in [3.05, 3.63) is 114 Å². The summed E-state index contributed by atoms with van der Waals surface area (Å²) in [5.41, 5.74) is 2.95.